The molecule has 1 aromatic carbocycles. The molecule has 1 aliphatic carbocycles. The van der Waals surface area contributed by atoms with E-state index in [0.29, 0.717) is 17.0 Å². The highest BCUT2D eigenvalue weighted by Gasteiger charge is 2.67. The predicted molar refractivity (Wildman–Crippen MR) is 95.1 cm³/mol. The van der Waals surface area contributed by atoms with Crippen molar-refractivity contribution in [1.29, 1.82) is 0 Å². The van der Waals surface area contributed by atoms with Crippen LogP contribution >= 0.6 is 34.8 Å². The summed E-state index contributed by atoms with van der Waals surface area (Å²) < 4.78 is 13.4. The molecule has 1 amide bonds. The van der Waals surface area contributed by atoms with Gasteiger partial charge >= 0.3 is 0 Å². The summed E-state index contributed by atoms with van der Waals surface area (Å²) in [4.78, 5) is 14.6. The van der Waals surface area contributed by atoms with Crippen molar-refractivity contribution in [2.45, 2.75) is 36.6 Å². The number of halogens is 4. The number of rotatable bonds is 5. The van der Waals surface area contributed by atoms with Crippen molar-refractivity contribution in [3.8, 4) is 0 Å². The van der Waals surface area contributed by atoms with Crippen LogP contribution in [0.1, 0.15) is 37.8 Å². The maximum Gasteiger partial charge on any atom is 0.229 e. The van der Waals surface area contributed by atoms with Gasteiger partial charge in [-0.1, -0.05) is 17.7 Å². The lowest BCUT2D eigenvalue weighted by molar-refractivity contribution is -0.126. The minimum atomic E-state index is -1.02. The molecule has 1 aromatic rings. The standard InChI is InChI=1S/C17H20Cl3FN2O/c1-16(10-17(16,19)20)15(24)22-9-13(23-7-2-3-8-23)14-11(18)5-4-6-12(14)21/h4-6,13H,2-3,7-10H2,1H3,(H,22,24)/t13-,16-/m1/s1. The van der Waals surface area contributed by atoms with Crippen LogP contribution in [0.5, 0.6) is 0 Å². The van der Waals surface area contributed by atoms with Gasteiger partial charge in [0.15, 0.2) is 0 Å². The monoisotopic (exact) mass is 392 g/mol. The third-order valence-electron chi connectivity index (χ3n) is 5.13. The average molecular weight is 394 g/mol. The Morgan fingerprint density at radius 3 is 2.54 bits per heavy atom. The minimum Gasteiger partial charge on any atom is -0.354 e. The van der Waals surface area contributed by atoms with Gasteiger partial charge in [0.25, 0.3) is 0 Å². The number of hydrogen-bond donors (Lipinski definition) is 1. The Hall–Kier alpha value is -0.550. The summed E-state index contributed by atoms with van der Waals surface area (Å²) in [5.41, 5.74) is -0.352. The fourth-order valence-corrected chi connectivity index (χ4v) is 4.32. The molecule has 0 spiro atoms. The molecule has 1 heterocycles. The van der Waals surface area contributed by atoms with Crippen molar-refractivity contribution in [1.82, 2.24) is 10.2 Å². The first-order valence-corrected chi connectivity index (χ1v) is 9.24. The van der Waals surface area contributed by atoms with Crippen molar-refractivity contribution >= 4 is 40.7 Å². The Labute approximate surface area is 156 Å². The van der Waals surface area contributed by atoms with Crippen LogP contribution in [0.25, 0.3) is 0 Å². The largest absolute Gasteiger partial charge is 0.354 e. The molecule has 2 aliphatic rings. The van der Waals surface area contributed by atoms with E-state index in [-0.39, 0.29) is 24.3 Å². The molecule has 0 radical (unpaired) electrons. The molecular weight excluding hydrogens is 374 g/mol. The molecule has 0 unspecified atom stereocenters. The topological polar surface area (TPSA) is 32.3 Å². The van der Waals surface area contributed by atoms with Crippen molar-refractivity contribution in [2.75, 3.05) is 19.6 Å². The number of carbonyl (C=O) groups excluding carboxylic acids is 1. The molecular formula is C17H20Cl3FN2O. The molecule has 1 saturated heterocycles. The summed E-state index contributed by atoms with van der Waals surface area (Å²) >= 11 is 18.4. The smallest absolute Gasteiger partial charge is 0.229 e. The highest BCUT2D eigenvalue weighted by Crippen LogP contribution is 2.63. The van der Waals surface area contributed by atoms with E-state index < -0.39 is 9.75 Å². The summed E-state index contributed by atoms with van der Waals surface area (Å²) in [6, 6.07) is 4.36. The quantitative estimate of drug-likeness (QED) is 0.756. The molecule has 3 nitrogen and oxygen atoms in total. The summed E-state index contributed by atoms with van der Waals surface area (Å²) in [5, 5.41) is 3.27. The molecule has 3 rings (SSSR count). The van der Waals surface area contributed by atoms with Crippen LogP contribution in [-0.4, -0.2) is 34.8 Å². The predicted octanol–water partition coefficient (Wildman–Crippen LogP) is 4.32. The van der Waals surface area contributed by atoms with Crippen LogP contribution in [-0.2, 0) is 4.79 Å². The highest BCUT2D eigenvalue weighted by molar-refractivity contribution is 6.53. The number of nitrogens with zero attached hydrogens (tertiary/aromatic N) is 1. The van der Waals surface area contributed by atoms with Crippen LogP contribution < -0.4 is 5.32 Å². The summed E-state index contributed by atoms with van der Waals surface area (Å²) in [5.74, 6) is -0.556. The lowest BCUT2D eigenvalue weighted by atomic mass is 10.0. The first-order valence-electron chi connectivity index (χ1n) is 8.10. The second-order valence-electron chi connectivity index (χ2n) is 6.82. The molecule has 0 aromatic heterocycles. The number of carbonyl (C=O) groups is 1. The molecule has 1 aliphatic heterocycles. The second kappa shape index (κ2) is 6.64. The fourth-order valence-electron chi connectivity index (χ4n) is 3.33. The van der Waals surface area contributed by atoms with Crippen LogP contribution in [0.15, 0.2) is 18.2 Å². The van der Waals surface area contributed by atoms with E-state index in [1.807, 2.05) is 0 Å². The maximum absolute atomic E-state index is 14.4. The zero-order chi connectivity index (χ0) is 17.5. The molecule has 132 valence electrons. The van der Waals surface area contributed by atoms with E-state index in [4.69, 9.17) is 34.8 Å². The zero-order valence-corrected chi connectivity index (χ0v) is 15.7. The second-order valence-corrected chi connectivity index (χ2v) is 8.71. The van der Waals surface area contributed by atoms with Gasteiger partial charge in [-0.05, 0) is 51.4 Å². The van der Waals surface area contributed by atoms with Crippen molar-refractivity contribution < 1.29 is 9.18 Å². The maximum atomic E-state index is 14.4. The average Bonchev–Trinajstić information content (AvgIpc) is 2.90. The van der Waals surface area contributed by atoms with Crippen LogP contribution in [0.4, 0.5) is 4.39 Å². The zero-order valence-electron chi connectivity index (χ0n) is 13.4. The van der Waals surface area contributed by atoms with Crippen LogP contribution in [0.3, 0.4) is 0 Å². The van der Waals surface area contributed by atoms with Gasteiger partial charge in [0, 0.05) is 17.1 Å². The Morgan fingerprint density at radius 2 is 2.00 bits per heavy atom. The van der Waals surface area contributed by atoms with E-state index in [1.165, 1.54) is 6.07 Å². The summed E-state index contributed by atoms with van der Waals surface area (Å²) in [7, 11) is 0. The third-order valence-corrected chi connectivity index (χ3v) is 6.56. The molecule has 7 heteroatoms. The van der Waals surface area contributed by atoms with Crippen molar-refractivity contribution in [2.24, 2.45) is 5.41 Å². The van der Waals surface area contributed by atoms with E-state index in [2.05, 4.69) is 10.2 Å². The van der Waals surface area contributed by atoms with E-state index in [9.17, 15) is 9.18 Å². The van der Waals surface area contributed by atoms with Crippen LogP contribution in [0, 0.1) is 11.2 Å². The summed E-state index contributed by atoms with van der Waals surface area (Å²) in [6.45, 7) is 3.73. The molecule has 0 bridgehead atoms. The molecule has 2 fully saturated rings. The van der Waals surface area contributed by atoms with Gasteiger partial charge in [-0.2, -0.15) is 0 Å². The number of amides is 1. The molecule has 1 saturated carbocycles. The van der Waals surface area contributed by atoms with Gasteiger partial charge in [0.1, 0.15) is 10.2 Å². The Bertz CT molecular complexity index is 628. The molecule has 24 heavy (non-hydrogen) atoms. The van der Waals surface area contributed by atoms with Gasteiger partial charge in [0.2, 0.25) is 5.91 Å². The van der Waals surface area contributed by atoms with Gasteiger partial charge in [-0.15, -0.1) is 23.2 Å². The third kappa shape index (κ3) is 3.26. The summed E-state index contributed by atoms with van der Waals surface area (Å²) in [6.07, 6.45) is 2.53. The van der Waals surface area contributed by atoms with E-state index in [1.54, 1.807) is 19.1 Å². The number of likely N-dealkylation sites (tertiary alicyclic amines) is 1. The Morgan fingerprint density at radius 1 is 1.38 bits per heavy atom. The number of nitrogens with one attached hydrogen (secondary N) is 1. The van der Waals surface area contributed by atoms with Gasteiger partial charge in [-0.25, -0.2) is 4.39 Å². The van der Waals surface area contributed by atoms with Crippen molar-refractivity contribution in [3.05, 3.63) is 34.6 Å². The van der Waals surface area contributed by atoms with Gasteiger partial charge in [-0.3, -0.25) is 9.69 Å². The van der Waals surface area contributed by atoms with Gasteiger partial charge < -0.3 is 5.32 Å². The first kappa shape index (κ1) is 18.2. The van der Waals surface area contributed by atoms with E-state index in [0.717, 1.165) is 25.9 Å². The normalized spacial score (nSPS) is 27.0. The Balaban J connectivity index is 1.78. The Kier molecular flexibility index (Phi) is 5.05. The molecule has 1 N–H and O–H groups in total. The first-order chi connectivity index (χ1) is 11.3. The fraction of sp³-hybridized carbons (Fsp3) is 0.588. The number of hydrogen-bond acceptors (Lipinski definition) is 2. The molecule has 2 atom stereocenters. The number of alkyl halides is 2. The lowest BCUT2D eigenvalue weighted by Gasteiger charge is -2.29. The minimum absolute atomic E-state index is 0.204. The SMILES string of the molecule is C[C@]1(C(=O)NC[C@H](c2c(F)cccc2Cl)N2CCCC2)CC1(Cl)Cl. The van der Waals surface area contributed by atoms with Crippen molar-refractivity contribution in [3.63, 3.8) is 0 Å². The highest BCUT2D eigenvalue weighted by atomic mass is 35.5. The number of benzene rings is 1. The van der Waals surface area contributed by atoms with Crippen LogP contribution in [0.2, 0.25) is 5.02 Å². The van der Waals surface area contributed by atoms with Gasteiger partial charge in [0.05, 0.1) is 11.5 Å². The van der Waals surface area contributed by atoms with E-state index >= 15 is 0 Å². The lowest BCUT2D eigenvalue weighted by Crippen LogP contribution is -2.40.